The Morgan fingerprint density at radius 2 is 1.79 bits per heavy atom. The number of benzene rings is 1. The van der Waals surface area contributed by atoms with E-state index in [2.05, 4.69) is 53.1 Å². The molecular formula is C13H10Br3NOS. The predicted molar refractivity (Wildman–Crippen MR) is 91.3 cm³/mol. The molecule has 0 aliphatic carbocycles. The van der Waals surface area contributed by atoms with Crippen LogP contribution >= 0.6 is 59.1 Å². The highest BCUT2D eigenvalue weighted by Gasteiger charge is 2.14. The topological polar surface area (TPSA) is 29.1 Å². The molecule has 0 bridgehead atoms. The molecule has 0 fully saturated rings. The van der Waals surface area contributed by atoms with Gasteiger partial charge in [0.05, 0.1) is 14.4 Å². The summed E-state index contributed by atoms with van der Waals surface area (Å²) in [4.78, 5) is 12.9. The van der Waals surface area contributed by atoms with Crippen LogP contribution in [-0.4, -0.2) is 5.91 Å². The Balaban J connectivity index is 2.29. The minimum absolute atomic E-state index is 0.107. The third-order valence-electron chi connectivity index (χ3n) is 2.54. The van der Waals surface area contributed by atoms with E-state index in [4.69, 9.17) is 0 Å². The van der Waals surface area contributed by atoms with Gasteiger partial charge in [-0.1, -0.05) is 6.07 Å². The molecule has 0 atom stereocenters. The number of hydrogen-bond donors (Lipinski definition) is 1. The molecule has 1 heterocycles. The van der Waals surface area contributed by atoms with Gasteiger partial charge in [-0.3, -0.25) is 4.79 Å². The summed E-state index contributed by atoms with van der Waals surface area (Å²) in [6.45, 7) is 4.00. The fourth-order valence-corrected chi connectivity index (χ4v) is 4.41. The molecule has 1 amide bonds. The number of nitrogens with one attached hydrogen (secondary N) is 1. The van der Waals surface area contributed by atoms with Crippen LogP contribution in [-0.2, 0) is 0 Å². The molecule has 0 unspecified atom stereocenters. The first-order chi connectivity index (χ1) is 8.88. The molecule has 1 aromatic heterocycles. The van der Waals surface area contributed by atoms with Crippen LogP contribution in [0.2, 0.25) is 0 Å². The van der Waals surface area contributed by atoms with Crippen LogP contribution in [0.4, 0.5) is 5.69 Å². The highest BCUT2D eigenvalue weighted by Crippen LogP contribution is 2.34. The van der Waals surface area contributed by atoms with E-state index in [-0.39, 0.29) is 5.91 Å². The van der Waals surface area contributed by atoms with Crippen molar-refractivity contribution in [3.05, 3.63) is 46.9 Å². The number of carbonyl (C=O) groups is 1. The molecule has 0 saturated carbocycles. The summed E-state index contributed by atoms with van der Waals surface area (Å²) < 4.78 is 2.70. The molecule has 0 spiro atoms. The second-order valence-corrected chi connectivity index (χ2v) is 8.20. The van der Waals surface area contributed by atoms with Crippen LogP contribution in [0, 0.1) is 13.8 Å². The van der Waals surface area contributed by atoms with Crippen molar-refractivity contribution >= 4 is 70.7 Å². The second kappa shape index (κ2) is 6.08. The van der Waals surface area contributed by atoms with Crippen molar-refractivity contribution in [2.45, 2.75) is 13.8 Å². The van der Waals surface area contributed by atoms with Crippen LogP contribution in [0.3, 0.4) is 0 Å². The van der Waals surface area contributed by atoms with Gasteiger partial charge < -0.3 is 5.32 Å². The zero-order chi connectivity index (χ0) is 14.2. The minimum atomic E-state index is -0.107. The number of carbonyl (C=O) groups excluding carboxylic acids is 1. The standard InChI is InChI=1S/C13H10Br3NOS/c1-6-3-7(2)11(8(14)4-6)17-13(18)10-5-9(15)12(16)19-10/h3-5H,1-2H3,(H,17,18). The van der Waals surface area contributed by atoms with Crippen molar-refractivity contribution in [3.63, 3.8) is 0 Å². The lowest BCUT2D eigenvalue weighted by molar-refractivity contribution is 0.103. The first-order valence-electron chi connectivity index (χ1n) is 5.41. The van der Waals surface area contributed by atoms with Gasteiger partial charge in [0.1, 0.15) is 0 Å². The van der Waals surface area contributed by atoms with Gasteiger partial charge in [0, 0.05) is 8.95 Å². The summed E-state index contributed by atoms with van der Waals surface area (Å²) in [5.41, 5.74) is 3.01. The van der Waals surface area contributed by atoms with Crippen molar-refractivity contribution in [1.82, 2.24) is 0 Å². The minimum Gasteiger partial charge on any atom is -0.320 e. The fraction of sp³-hybridized carbons (Fsp3) is 0.154. The van der Waals surface area contributed by atoms with Gasteiger partial charge >= 0.3 is 0 Å². The molecule has 1 N–H and O–H groups in total. The third-order valence-corrected chi connectivity index (χ3v) is 6.42. The van der Waals surface area contributed by atoms with E-state index in [9.17, 15) is 4.79 Å². The number of hydrogen-bond acceptors (Lipinski definition) is 2. The van der Waals surface area contributed by atoms with Gasteiger partial charge in [-0.05, 0) is 84.9 Å². The Bertz CT molecular complexity index is 609. The molecule has 0 radical (unpaired) electrons. The number of rotatable bonds is 2. The Morgan fingerprint density at radius 1 is 1.11 bits per heavy atom. The lowest BCUT2D eigenvalue weighted by Crippen LogP contribution is -2.11. The van der Waals surface area contributed by atoms with E-state index < -0.39 is 0 Å². The van der Waals surface area contributed by atoms with E-state index >= 15 is 0 Å². The van der Waals surface area contributed by atoms with Crippen LogP contribution in [0.1, 0.15) is 20.8 Å². The van der Waals surface area contributed by atoms with Gasteiger partial charge in [-0.15, -0.1) is 11.3 Å². The molecule has 0 saturated heterocycles. The molecule has 1 aromatic carbocycles. The first kappa shape index (κ1) is 15.2. The molecule has 100 valence electrons. The van der Waals surface area contributed by atoms with Crippen molar-refractivity contribution in [2.75, 3.05) is 5.32 Å². The molecule has 19 heavy (non-hydrogen) atoms. The second-order valence-electron chi connectivity index (χ2n) is 4.13. The van der Waals surface area contributed by atoms with Crippen molar-refractivity contribution in [1.29, 1.82) is 0 Å². The summed E-state index contributed by atoms with van der Waals surface area (Å²) in [5, 5.41) is 2.95. The van der Waals surface area contributed by atoms with E-state index in [1.807, 2.05) is 32.0 Å². The molecular weight excluding hydrogens is 458 g/mol. The van der Waals surface area contributed by atoms with Gasteiger partial charge in [-0.2, -0.15) is 0 Å². The molecule has 0 aliphatic heterocycles. The Kier molecular flexibility index (Phi) is 4.87. The normalized spacial score (nSPS) is 10.6. The first-order valence-corrected chi connectivity index (χ1v) is 8.61. The van der Waals surface area contributed by atoms with E-state index in [0.717, 1.165) is 29.5 Å². The van der Waals surface area contributed by atoms with Gasteiger partial charge in [0.25, 0.3) is 5.91 Å². The highest BCUT2D eigenvalue weighted by atomic mass is 79.9. The lowest BCUT2D eigenvalue weighted by atomic mass is 10.1. The van der Waals surface area contributed by atoms with E-state index in [0.29, 0.717) is 4.88 Å². The van der Waals surface area contributed by atoms with Crippen molar-refractivity contribution in [2.24, 2.45) is 0 Å². The largest absolute Gasteiger partial charge is 0.320 e. The third kappa shape index (κ3) is 3.48. The summed E-state index contributed by atoms with van der Waals surface area (Å²) in [7, 11) is 0. The van der Waals surface area contributed by atoms with Crippen LogP contribution < -0.4 is 5.32 Å². The number of halogens is 3. The summed E-state index contributed by atoms with van der Waals surface area (Å²) in [6, 6.07) is 5.84. The van der Waals surface area contributed by atoms with Crippen LogP contribution in [0.25, 0.3) is 0 Å². The molecule has 6 heteroatoms. The maximum Gasteiger partial charge on any atom is 0.265 e. The number of anilines is 1. The Hall–Kier alpha value is -0.170. The number of amides is 1. The van der Waals surface area contributed by atoms with E-state index in [1.54, 1.807) is 0 Å². The Morgan fingerprint density at radius 3 is 2.32 bits per heavy atom. The lowest BCUT2D eigenvalue weighted by Gasteiger charge is -2.11. The Labute approximate surface area is 141 Å². The molecule has 0 aliphatic rings. The van der Waals surface area contributed by atoms with Gasteiger partial charge in [0.15, 0.2) is 0 Å². The van der Waals surface area contributed by atoms with Crippen LogP contribution in [0.5, 0.6) is 0 Å². The highest BCUT2D eigenvalue weighted by molar-refractivity contribution is 9.13. The summed E-state index contributed by atoms with van der Waals surface area (Å²) >= 11 is 11.7. The molecule has 2 aromatic rings. The smallest absolute Gasteiger partial charge is 0.265 e. The van der Waals surface area contributed by atoms with Crippen molar-refractivity contribution in [3.8, 4) is 0 Å². The quantitative estimate of drug-likeness (QED) is 0.585. The SMILES string of the molecule is Cc1cc(C)c(NC(=O)c2cc(Br)c(Br)s2)c(Br)c1. The number of aryl methyl sites for hydroxylation is 2. The average molecular weight is 468 g/mol. The summed E-state index contributed by atoms with van der Waals surface area (Å²) in [5.74, 6) is -0.107. The number of thiophene rings is 1. The maximum absolute atomic E-state index is 12.2. The van der Waals surface area contributed by atoms with Gasteiger partial charge in [-0.25, -0.2) is 0 Å². The van der Waals surface area contributed by atoms with Gasteiger partial charge in [0.2, 0.25) is 0 Å². The molecule has 2 nitrogen and oxygen atoms in total. The zero-order valence-corrected chi connectivity index (χ0v) is 15.8. The fourth-order valence-electron chi connectivity index (χ4n) is 1.71. The monoisotopic (exact) mass is 465 g/mol. The predicted octanol–water partition coefficient (Wildman–Crippen LogP) is 5.90. The summed E-state index contributed by atoms with van der Waals surface area (Å²) in [6.07, 6.45) is 0. The average Bonchev–Trinajstić information content (AvgIpc) is 2.64. The zero-order valence-electron chi connectivity index (χ0n) is 10.2. The van der Waals surface area contributed by atoms with E-state index in [1.165, 1.54) is 11.3 Å². The van der Waals surface area contributed by atoms with Crippen molar-refractivity contribution < 1.29 is 4.79 Å². The maximum atomic E-state index is 12.2. The van der Waals surface area contributed by atoms with Crippen LogP contribution in [0.15, 0.2) is 30.9 Å². The molecule has 2 rings (SSSR count).